The lowest BCUT2D eigenvalue weighted by Gasteiger charge is -2.07. The Labute approximate surface area is 165 Å². The largest absolute Gasteiger partial charge is 0.460 e. The number of rotatable bonds is 7. The maximum Gasteiger partial charge on any atom is 0.374 e. The molecule has 0 radical (unpaired) electrons. The lowest BCUT2D eigenvalue weighted by atomic mass is 10.1. The molecule has 1 aromatic heterocycles. The zero-order chi connectivity index (χ0) is 20.8. The second-order valence-electron chi connectivity index (χ2n) is 5.98. The fraction of sp³-hybridized carbons (Fsp3) is 0.190. The summed E-state index contributed by atoms with van der Waals surface area (Å²) in [6, 6.07) is 12.0. The van der Waals surface area contributed by atoms with Crippen molar-refractivity contribution in [3.63, 3.8) is 0 Å². The van der Waals surface area contributed by atoms with E-state index in [2.05, 4.69) is 5.32 Å². The highest BCUT2D eigenvalue weighted by Gasteiger charge is 2.22. The molecular formula is C21H18FNO6. The molecule has 2 aromatic carbocycles. The van der Waals surface area contributed by atoms with Gasteiger partial charge < -0.3 is 19.2 Å². The summed E-state index contributed by atoms with van der Waals surface area (Å²) in [6.07, 6.45) is 0. The summed E-state index contributed by atoms with van der Waals surface area (Å²) in [7, 11) is 0. The molecule has 0 atom stereocenters. The first-order valence-electron chi connectivity index (χ1n) is 8.86. The van der Waals surface area contributed by atoms with Gasteiger partial charge in [-0.3, -0.25) is 9.59 Å². The highest BCUT2D eigenvalue weighted by molar-refractivity contribution is 5.97. The lowest BCUT2D eigenvalue weighted by molar-refractivity contribution is -0.143. The Bertz CT molecular complexity index is 1060. The number of nitrogens with one attached hydrogen (secondary N) is 1. The number of amides is 1. The van der Waals surface area contributed by atoms with E-state index in [0.717, 1.165) is 6.07 Å². The molecule has 0 unspecified atom stereocenters. The van der Waals surface area contributed by atoms with Crippen molar-refractivity contribution in [3.05, 3.63) is 71.2 Å². The standard InChI is InChI=1S/C21H18FNO6/c1-2-27-21(26)19-16(15-8-3-4-9-17(15)29-19)12-28-18(24)11-23-20(25)13-6-5-7-14(22)10-13/h3-10H,2,11-12H2,1H3,(H,23,25). The number of benzene rings is 2. The third-order valence-corrected chi connectivity index (χ3v) is 4.02. The van der Waals surface area contributed by atoms with Crippen LogP contribution >= 0.6 is 0 Å². The number of carbonyl (C=O) groups is 3. The van der Waals surface area contributed by atoms with E-state index in [-0.39, 0.29) is 24.5 Å². The molecular weight excluding hydrogens is 381 g/mol. The lowest BCUT2D eigenvalue weighted by Crippen LogP contribution is -2.30. The third kappa shape index (κ3) is 4.78. The molecule has 0 saturated heterocycles. The fourth-order valence-corrected chi connectivity index (χ4v) is 2.69. The van der Waals surface area contributed by atoms with Gasteiger partial charge in [0.1, 0.15) is 24.6 Å². The number of para-hydroxylation sites is 1. The average Bonchev–Trinajstić information content (AvgIpc) is 3.09. The summed E-state index contributed by atoms with van der Waals surface area (Å²) in [5.74, 6) is -2.59. The van der Waals surface area contributed by atoms with Crippen LogP contribution in [0.25, 0.3) is 11.0 Å². The maximum absolute atomic E-state index is 13.2. The molecule has 3 rings (SSSR count). The SMILES string of the molecule is CCOC(=O)c1oc2ccccc2c1COC(=O)CNC(=O)c1cccc(F)c1. The van der Waals surface area contributed by atoms with Gasteiger partial charge in [-0.25, -0.2) is 9.18 Å². The van der Waals surface area contributed by atoms with Gasteiger partial charge in [0.15, 0.2) is 0 Å². The van der Waals surface area contributed by atoms with Gasteiger partial charge in [-0.1, -0.05) is 24.3 Å². The molecule has 0 aliphatic rings. The summed E-state index contributed by atoms with van der Waals surface area (Å²) in [5.41, 5.74) is 0.924. The first kappa shape index (κ1) is 20.1. The zero-order valence-corrected chi connectivity index (χ0v) is 15.6. The summed E-state index contributed by atoms with van der Waals surface area (Å²) in [4.78, 5) is 36.1. The van der Waals surface area contributed by atoms with E-state index in [0.29, 0.717) is 16.5 Å². The monoisotopic (exact) mass is 399 g/mol. The number of halogens is 1. The number of furan rings is 1. The number of ether oxygens (including phenoxy) is 2. The molecule has 0 bridgehead atoms. The zero-order valence-electron chi connectivity index (χ0n) is 15.6. The van der Waals surface area contributed by atoms with Crippen LogP contribution in [0.1, 0.15) is 33.4 Å². The van der Waals surface area contributed by atoms with Gasteiger partial charge in [0.2, 0.25) is 5.76 Å². The predicted molar refractivity (Wildman–Crippen MR) is 101 cm³/mol. The Balaban J connectivity index is 1.65. The predicted octanol–water partition coefficient (Wildman–Crippen LogP) is 3.22. The summed E-state index contributed by atoms with van der Waals surface area (Å²) in [5, 5.41) is 2.97. The van der Waals surface area contributed by atoms with E-state index in [1.807, 2.05) is 0 Å². The normalized spacial score (nSPS) is 10.6. The first-order valence-corrected chi connectivity index (χ1v) is 8.86. The summed E-state index contributed by atoms with van der Waals surface area (Å²) >= 11 is 0. The van der Waals surface area contributed by atoms with Crippen LogP contribution in [0.15, 0.2) is 52.9 Å². The highest BCUT2D eigenvalue weighted by Crippen LogP contribution is 2.27. The minimum absolute atomic E-state index is 0.0374. The molecule has 0 aliphatic carbocycles. The van der Waals surface area contributed by atoms with Gasteiger partial charge in [-0.15, -0.1) is 0 Å². The van der Waals surface area contributed by atoms with E-state index in [1.54, 1.807) is 31.2 Å². The minimum Gasteiger partial charge on any atom is -0.460 e. The van der Waals surface area contributed by atoms with Crippen molar-refractivity contribution in [1.82, 2.24) is 5.32 Å². The van der Waals surface area contributed by atoms with Crippen molar-refractivity contribution in [2.75, 3.05) is 13.2 Å². The van der Waals surface area contributed by atoms with Crippen molar-refractivity contribution < 1.29 is 32.7 Å². The third-order valence-electron chi connectivity index (χ3n) is 4.02. The molecule has 0 aliphatic heterocycles. The quantitative estimate of drug-likeness (QED) is 0.613. The second kappa shape index (κ2) is 9.01. The first-order chi connectivity index (χ1) is 14.0. The highest BCUT2D eigenvalue weighted by atomic mass is 19.1. The smallest absolute Gasteiger partial charge is 0.374 e. The van der Waals surface area contributed by atoms with E-state index < -0.39 is 30.2 Å². The number of hydrogen-bond donors (Lipinski definition) is 1. The van der Waals surface area contributed by atoms with Crippen molar-refractivity contribution in [3.8, 4) is 0 Å². The van der Waals surface area contributed by atoms with Gasteiger partial charge in [0.25, 0.3) is 5.91 Å². The molecule has 1 heterocycles. The van der Waals surface area contributed by atoms with E-state index in [1.165, 1.54) is 18.2 Å². The van der Waals surface area contributed by atoms with E-state index in [4.69, 9.17) is 13.9 Å². The maximum atomic E-state index is 13.2. The Hall–Kier alpha value is -3.68. The topological polar surface area (TPSA) is 94.8 Å². The minimum atomic E-state index is -0.727. The molecule has 0 saturated carbocycles. The average molecular weight is 399 g/mol. The van der Waals surface area contributed by atoms with Crippen LogP contribution in [0.2, 0.25) is 0 Å². The van der Waals surface area contributed by atoms with Gasteiger partial charge in [-0.05, 0) is 31.2 Å². The van der Waals surface area contributed by atoms with Crippen LogP contribution in [-0.2, 0) is 20.9 Å². The molecule has 7 nitrogen and oxygen atoms in total. The van der Waals surface area contributed by atoms with E-state index in [9.17, 15) is 18.8 Å². The van der Waals surface area contributed by atoms with Gasteiger partial charge in [0.05, 0.1) is 12.2 Å². The van der Waals surface area contributed by atoms with Crippen molar-refractivity contribution >= 4 is 28.8 Å². The Morgan fingerprint density at radius 3 is 2.62 bits per heavy atom. The van der Waals surface area contributed by atoms with Crippen LogP contribution in [-0.4, -0.2) is 31.0 Å². The van der Waals surface area contributed by atoms with Gasteiger partial charge in [-0.2, -0.15) is 0 Å². The second-order valence-corrected chi connectivity index (χ2v) is 5.98. The number of hydrogen-bond acceptors (Lipinski definition) is 6. The van der Waals surface area contributed by atoms with E-state index >= 15 is 0 Å². The Morgan fingerprint density at radius 2 is 1.86 bits per heavy atom. The fourth-order valence-electron chi connectivity index (χ4n) is 2.69. The molecule has 1 amide bonds. The number of esters is 2. The number of fused-ring (bicyclic) bond motifs is 1. The Kier molecular flexibility index (Phi) is 6.23. The van der Waals surface area contributed by atoms with Crippen molar-refractivity contribution in [1.29, 1.82) is 0 Å². The van der Waals surface area contributed by atoms with Gasteiger partial charge in [0, 0.05) is 10.9 Å². The van der Waals surface area contributed by atoms with Crippen LogP contribution in [0, 0.1) is 5.82 Å². The Morgan fingerprint density at radius 1 is 1.07 bits per heavy atom. The van der Waals surface area contributed by atoms with Crippen LogP contribution in [0.3, 0.4) is 0 Å². The van der Waals surface area contributed by atoms with Crippen molar-refractivity contribution in [2.45, 2.75) is 13.5 Å². The molecule has 8 heteroatoms. The molecule has 150 valence electrons. The molecule has 0 fully saturated rings. The van der Waals surface area contributed by atoms with Crippen LogP contribution < -0.4 is 5.32 Å². The number of carbonyl (C=O) groups excluding carboxylic acids is 3. The van der Waals surface area contributed by atoms with Crippen LogP contribution in [0.4, 0.5) is 4.39 Å². The molecule has 3 aromatic rings. The molecule has 1 N–H and O–H groups in total. The summed E-state index contributed by atoms with van der Waals surface area (Å²) in [6.45, 7) is 1.18. The van der Waals surface area contributed by atoms with Crippen LogP contribution in [0.5, 0.6) is 0 Å². The summed E-state index contributed by atoms with van der Waals surface area (Å²) < 4.78 is 28.9. The van der Waals surface area contributed by atoms with Crippen molar-refractivity contribution in [2.24, 2.45) is 0 Å². The molecule has 0 spiro atoms. The molecule has 29 heavy (non-hydrogen) atoms. The van der Waals surface area contributed by atoms with Gasteiger partial charge >= 0.3 is 11.9 Å².